The van der Waals surface area contributed by atoms with Crippen LogP contribution >= 0.6 is 0 Å². The first kappa shape index (κ1) is 9.73. The highest BCUT2D eigenvalue weighted by Crippen LogP contribution is 2.27. The summed E-state index contributed by atoms with van der Waals surface area (Å²) in [6.07, 6.45) is 3.44. The van der Waals surface area contributed by atoms with Gasteiger partial charge in [0.25, 0.3) is 0 Å². The van der Waals surface area contributed by atoms with Crippen LogP contribution in [-0.4, -0.2) is 4.98 Å². The zero-order chi connectivity index (χ0) is 10.1. The summed E-state index contributed by atoms with van der Waals surface area (Å²) in [5.74, 6) is 0. The van der Waals surface area contributed by atoms with Gasteiger partial charge < -0.3 is 0 Å². The average molecular weight is 174 g/mol. The number of aryl methyl sites for hydroxylation is 1. The van der Waals surface area contributed by atoms with Crippen molar-refractivity contribution in [3.63, 3.8) is 0 Å². The third kappa shape index (κ3) is 1.86. The molecule has 0 saturated heterocycles. The van der Waals surface area contributed by atoms with Crippen LogP contribution in [-0.2, 0) is 5.41 Å². The van der Waals surface area contributed by atoms with Crippen LogP contribution in [0.4, 0.5) is 0 Å². The average Bonchev–Trinajstić information content (AvgIpc) is 2.01. The molecule has 0 N–H and O–H groups in total. The molecule has 2 nitrogen and oxygen atoms in total. The summed E-state index contributed by atoms with van der Waals surface area (Å²) in [5, 5.41) is 8.92. The molecule has 0 aliphatic heterocycles. The van der Waals surface area contributed by atoms with E-state index < -0.39 is 0 Å². The number of pyridine rings is 1. The van der Waals surface area contributed by atoms with Gasteiger partial charge in [0, 0.05) is 12.4 Å². The molecule has 0 radical (unpaired) electrons. The SMILES string of the molecule is Cc1cncc(C#N)c1C(C)(C)C. The van der Waals surface area contributed by atoms with Gasteiger partial charge in [-0.25, -0.2) is 0 Å². The number of aromatic nitrogens is 1. The van der Waals surface area contributed by atoms with Crippen LogP contribution in [0.25, 0.3) is 0 Å². The molecule has 0 bridgehead atoms. The summed E-state index contributed by atoms with van der Waals surface area (Å²) in [6.45, 7) is 8.32. The Labute approximate surface area is 79.2 Å². The van der Waals surface area contributed by atoms with E-state index in [1.807, 2.05) is 6.92 Å². The Balaban J connectivity index is 3.43. The molecule has 1 aromatic rings. The van der Waals surface area contributed by atoms with Crippen LogP contribution in [0, 0.1) is 18.3 Å². The lowest BCUT2D eigenvalue weighted by atomic mass is 9.82. The van der Waals surface area contributed by atoms with E-state index >= 15 is 0 Å². The Hall–Kier alpha value is -1.36. The Bertz CT molecular complexity index is 353. The summed E-state index contributed by atoms with van der Waals surface area (Å²) in [4.78, 5) is 4.01. The lowest BCUT2D eigenvalue weighted by molar-refractivity contribution is 0.583. The second-order valence-electron chi connectivity index (χ2n) is 4.24. The molecule has 0 atom stereocenters. The third-order valence-corrected chi connectivity index (χ3v) is 2.01. The molecule has 0 aromatic carbocycles. The lowest BCUT2D eigenvalue weighted by Gasteiger charge is -2.22. The summed E-state index contributed by atoms with van der Waals surface area (Å²) >= 11 is 0. The first-order valence-electron chi connectivity index (χ1n) is 4.32. The van der Waals surface area contributed by atoms with Gasteiger partial charge >= 0.3 is 0 Å². The second-order valence-corrected chi connectivity index (χ2v) is 4.24. The largest absolute Gasteiger partial charge is 0.263 e. The molecular formula is C11H14N2. The zero-order valence-electron chi connectivity index (χ0n) is 8.55. The third-order valence-electron chi connectivity index (χ3n) is 2.01. The van der Waals surface area contributed by atoms with Crippen molar-refractivity contribution in [1.29, 1.82) is 5.26 Å². The van der Waals surface area contributed by atoms with E-state index in [-0.39, 0.29) is 5.41 Å². The maximum Gasteiger partial charge on any atom is 0.101 e. The van der Waals surface area contributed by atoms with Crippen molar-refractivity contribution in [2.24, 2.45) is 0 Å². The Kier molecular flexibility index (Phi) is 2.38. The van der Waals surface area contributed by atoms with E-state index in [4.69, 9.17) is 5.26 Å². The van der Waals surface area contributed by atoms with Crippen molar-refractivity contribution in [3.8, 4) is 6.07 Å². The molecule has 0 amide bonds. The molecule has 1 aromatic heterocycles. The minimum Gasteiger partial charge on any atom is -0.263 e. The van der Waals surface area contributed by atoms with Gasteiger partial charge in [-0.3, -0.25) is 4.98 Å². The Morgan fingerprint density at radius 1 is 1.31 bits per heavy atom. The van der Waals surface area contributed by atoms with Crippen LogP contribution in [0.2, 0.25) is 0 Å². The van der Waals surface area contributed by atoms with Crippen molar-refractivity contribution in [2.75, 3.05) is 0 Å². The van der Waals surface area contributed by atoms with Crippen molar-refractivity contribution >= 4 is 0 Å². The fraction of sp³-hybridized carbons (Fsp3) is 0.455. The van der Waals surface area contributed by atoms with E-state index in [2.05, 4.69) is 31.8 Å². The molecule has 0 unspecified atom stereocenters. The van der Waals surface area contributed by atoms with Crippen LogP contribution in [0.1, 0.15) is 37.5 Å². The molecule has 0 spiro atoms. The van der Waals surface area contributed by atoms with Gasteiger partial charge in [-0.2, -0.15) is 5.26 Å². The van der Waals surface area contributed by atoms with Gasteiger partial charge in [-0.15, -0.1) is 0 Å². The maximum atomic E-state index is 8.92. The number of rotatable bonds is 0. The number of hydrogen-bond donors (Lipinski definition) is 0. The fourth-order valence-electron chi connectivity index (χ4n) is 1.65. The molecular weight excluding hydrogens is 160 g/mol. The Morgan fingerprint density at radius 3 is 2.31 bits per heavy atom. The monoisotopic (exact) mass is 174 g/mol. The second kappa shape index (κ2) is 3.18. The van der Waals surface area contributed by atoms with Gasteiger partial charge in [-0.1, -0.05) is 20.8 Å². The van der Waals surface area contributed by atoms with Gasteiger partial charge in [0.2, 0.25) is 0 Å². The molecule has 1 heterocycles. The van der Waals surface area contributed by atoms with Gasteiger partial charge in [0.05, 0.1) is 5.56 Å². The molecule has 2 heteroatoms. The summed E-state index contributed by atoms with van der Waals surface area (Å²) < 4.78 is 0. The van der Waals surface area contributed by atoms with Crippen molar-refractivity contribution in [3.05, 3.63) is 29.1 Å². The van der Waals surface area contributed by atoms with E-state index in [0.29, 0.717) is 5.56 Å². The summed E-state index contributed by atoms with van der Waals surface area (Å²) in [7, 11) is 0. The van der Waals surface area contributed by atoms with Crippen molar-refractivity contribution in [2.45, 2.75) is 33.1 Å². The topological polar surface area (TPSA) is 36.7 Å². The lowest BCUT2D eigenvalue weighted by Crippen LogP contribution is -2.15. The number of hydrogen-bond acceptors (Lipinski definition) is 2. The maximum absolute atomic E-state index is 8.92. The van der Waals surface area contributed by atoms with Crippen LogP contribution in [0.3, 0.4) is 0 Å². The molecule has 0 aliphatic rings. The minimum absolute atomic E-state index is 0.0120. The molecule has 0 fully saturated rings. The van der Waals surface area contributed by atoms with Gasteiger partial charge in [-0.05, 0) is 23.5 Å². The van der Waals surface area contributed by atoms with Gasteiger partial charge in [0.1, 0.15) is 6.07 Å². The van der Waals surface area contributed by atoms with Crippen molar-refractivity contribution < 1.29 is 0 Å². The quantitative estimate of drug-likeness (QED) is 0.606. The van der Waals surface area contributed by atoms with Gasteiger partial charge in [0.15, 0.2) is 0 Å². The molecule has 1 rings (SSSR count). The summed E-state index contributed by atoms with van der Waals surface area (Å²) in [5.41, 5.74) is 2.89. The predicted octanol–water partition coefficient (Wildman–Crippen LogP) is 2.56. The van der Waals surface area contributed by atoms with Crippen LogP contribution in [0.5, 0.6) is 0 Å². The first-order valence-corrected chi connectivity index (χ1v) is 4.32. The standard InChI is InChI=1S/C11H14N2/c1-8-6-13-7-9(5-12)10(8)11(2,3)4/h6-7H,1-4H3. The predicted molar refractivity (Wildman–Crippen MR) is 52.4 cm³/mol. The van der Waals surface area contributed by atoms with E-state index in [9.17, 15) is 0 Å². The van der Waals surface area contributed by atoms with E-state index in [1.54, 1.807) is 12.4 Å². The first-order chi connectivity index (χ1) is 5.96. The smallest absolute Gasteiger partial charge is 0.101 e. The minimum atomic E-state index is 0.0120. The summed E-state index contributed by atoms with van der Waals surface area (Å²) in [6, 6.07) is 2.18. The van der Waals surface area contributed by atoms with Crippen LogP contribution < -0.4 is 0 Å². The number of nitrogens with zero attached hydrogens (tertiary/aromatic N) is 2. The zero-order valence-corrected chi connectivity index (χ0v) is 8.55. The number of nitriles is 1. The normalized spacial score (nSPS) is 11.0. The highest BCUT2D eigenvalue weighted by Gasteiger charge is 2.20. The highest BCUT2D eigenvalue weighted by molar-refractivity contribution is 5.43. The van der Waals surface area contributed by atoms with Crippen molar-refractivity contribution in [1.82, 2.24) is 4.98 Å². The van der Waals surface area contributed by atoms with Crippen LogP contribution in [0.15, 0.2) is 12.4 Å². The molecule has 13 heavy (non-hydrogen) atoms. The highest BCUT2D eigenvalue weighted by atomic mass is 14.6. The fourth-order valence-corrected chi connectivity index (χ4v) is 1.65. The molecule has 0 aliphatic carbocycles. The molecule has 0 saturated carbocycles. The molecule has 68 valence electrons. The van der Waals surface area contributed by atoms with E-state index in [1.165, 1.54) is 0 Å². The van der Waals surface area contributed by atoms with E-state index in [0.717, 1.165) is 11.1 Å². The Morgan fingerprint density at radius 2 is 1.92 bits per heavy atom.